The molecule has 3 heteroatoms. The van der Waals surface area contributed by atoms with Crippen LogP contribution in [0.5, 0.6) is 0 Å². The Kier molecular flexibility index (Phi) is 3.53. The van der Waals surface area contributed by atoms with Crippen LogP contribution in [0.3, 0.4) is 0 Å². The summed E-state index contributed by atoms with van der Waals surface area (Å²) in [6.07, 6.45) is 0. The van der Waals surface area contributed by atoms with Gasteiger partial charge < -0.3 is 4.90 Å². The van der Waals surface area contributed by atoms with Gasteiger partial charge in [0.05, 0.1) is 5.84 Å². The maximum atomic E-state index is 6.04. The van der Waals surface area contributed by atoms with Crippen molar-refractivity contribution in [1.82, 2.24) is 0 Å². The maximum Gasteiger partial charge on any atom is 0.0995 e. The first-order valence-electron chi connectivity index (χ1n) is 4.49. The van der Waals surface area contributed by atoms with E-state index in [0.717, 1.165) is 22.1 Å². The third-order valence-electron chi connectivity index (χ3n) is 2.35. The molecule has 0 aromatic heterocycles. The normalized spacial score (nSPS) is 11.6. The van der Waals surface area contributed by atoms with Gasteiger partial charge in [-0.3, -0.25) is 4.99 Å². The van der Waals surface area contributed by atoms with Crippen molar-refractivity contribution >= 4 is 23.1 Å². The summed E-state index contributed by atoms with van der Waals surface area (Å²) in [5, 5.41) is 0.790. The molecule has 0 fully saturated rings. The fraction of sp³-hybridized carbons (Fsp3) is 0.364. The molecule has 0 aliphatic rings. The Bertz CT molecular complexity index is 358. The number of benzene rings is 1. The molecule has 0 amide bonds. The summed E-state index contributed by atoms with van der Waals surface area (Å²) in [6, 6.07) is 6.00. The van der Waals surface area contributed by atoms with Crippen LogP contribution in [0.4, 0.5) is 5.69 Å². The lowest BCUT2D eigenvalue weighted by Gasteiger charge is -2.19. The first-order valence-corrected chi connectivity index (χ1v) is 4.87. The summed E-state index contributed by atoms with van der Waals surface area (Å²) in [6.45, 7) is 3.96. The lowest BCUT2D eigenvalue weighted by atomic mass is 10.2. The van der Waals surface area contributed by atoms with E-state index in [1.54, 1.807) is 7.05 Å². The Labute approximate surface area is 90.2 Å². The predicted octanol–water partition coefficient (Wildman–Crippen LogP) is 3.13. The fourth-order valence-corrected chi connectivity index (χ4v) is 1.30. The van der Waals surface area contributed by atoms with Gasteiger partial charge in [0.15, 0.2) is 0 Å². The van der Waals surface area contributed by atoms with Crippen LogP contribution in [-0.2, 0) is 0 Å². The minimum absolute atomic E-state index is 0.790. The molecule has 76 valence electrons. The summed E-state index contributed by atoms with van der Waals surface area (Å²) < 4.78 is 0. The summed E-state index contributed by atoms with van der Waals surface area (Å²) >= 11 is 6.04. The standard InChI is InChI=1S/C11H15ClN2/c1-8-5-6-10(7-11(8)12)14(4)9(2)13-3/h5-7H,1-4H3. The SMILES string of the molecule is CN=C(C)N(C)c1ccc(C)c(Cl)c1. The van der Waals surface area contributed by atoms with E-state index in [1.165, 1.54) is 0 Å². The number of aliphatic imine (C=N–C) groups is 1. The number of halogens is 1. The molecule has 0 aliphatic carbocycles. The highest BCUT2D eigenvalue weighted by Crippen LogP contribution is 2.22. The number of aryl methyl sites for hydroxylation is 1. The summed E-state index contributed by atoms with van der Waals surface area (Å²) in [7, 11) is 3.75. The van der Waals surface area contributed by atoms with E-state index in [1.807, 2.05) is 44.0 Å². The van der Waals surface area contributed by atoms with E-state index >= 15 is 0 Å². The number of hydrogen-bond acceptors (Lipinski definition) is 1. The average molecular weight is 211 g/mol. The van der Waals surface area contributed by atoms with Crippen molar-refractivity contribution in [2.24, 2.45) is 4.99 Å². The van der Waals surface area contributed by atoms with Gasteiger partial charge >= 0.3 is 0 Å². The van der Waals surface area contributed by atoms with Gasteiger partial charge in [-0.1, -0.05) is 17.7 Å². The third-order valence-corrected chi connectivity index (χ3v) is 2.76. The molecule has 0 radical (unpaired) electrons. The Morgan fingerprint density at radius 1 is 1.43 bits per heavy atom. The van der Waals surface area contributed by atoms with Gasteiger partial charge in [-0.05, 0) is 31.5 Å². The maximum absolute atomic E-state index is 6.04. The zero-order valence-electron chi connectivity index (χ0n) is 9.00. The second kappa shape index (κ2) is 4.47. The Balaban J connectivity index is 3.03. The monoisotopic (exact) mass is 210 g/mol. The largest absolute Gasteiger partial charge is 0.333 e. The molecule has 1 rings (SSSR count). The van der Waals surface area contributed by atoms with Crippen LogP contribution >= 0.6 is 11.6 Å². The Morgan fingerprint density at radius 3 is 2.57 bits per heavy atom. The van der Waals surface area contributed by atoms with E-state index in [4.69, 9.17) is 11.6 Å². The lowest BCUT2D eigenvalue weighted by molar-refractivity contribution is 1.21. The van der Waals surface area contributed by atoms with E-state index in [0.29, 0.717) is 0 Å². The molecule has 0 saturated carbocycles. The van der Waals surface area contributed by atoms with Gasteiger partial charge in [-0.15, -0.1) is 0 Å². The summed E-state index contributed by atoms with van der Waals surface area (Å²) in [4.78, 5) is 6.12. The van der Waals surface area contributed by atoms with Crippen LogP contribution in [0, 0.1) is 6.92 Å². The second-order valence-electron chi connectivity index (χ2n) is 3.26. The molecular formula is C11H15ClN2. The summed E-state index contributed by atoms with van der Waals surface area (Å²) in [5.74, 6) is 0.963. The number of anilines is 1. The smallest absolute Gasteiger partial charge is 0.0995 e. The first kappa shape index (κ1) is 11.1. The number of rotatable bonds is 1. The van der Waals surface area contributed by atoms with Crippen LogP contribution in [0.25, 0.3) is 0 Å². The highest BCUT2D eigenvalue weighted by Gasteiger charge is 2.04. The van der Waals surface area contributed by atoms with Crippen LogP contribution in [-0.4, -0.2) is 19.9 Å². The minimum atomic E-state index is 0.790. The van der Waals surface area contributed by atoms with Crippen LogP contribution < -0.4 is 4.90 Å². The molecule has 0 saturated heterocycles. The second-order valence-corrected chi connectivity index (χ2v) is 3.67. The minimum Gasteiger partial charge on any atom is -0.333 e. The number of hydrogen-bond donors (Lipinski definition) is 0. The molecule has 0 bridgehead atoms. The van der Waals surface area contributed by atoms with Crippen molar-refractivity contribution in [2.75, 3.05) is 19.0 Å². The van der Waals surface area contributed by atoms with Gasteiger partial charge in [-0.2, -0.15) is 0 Å². The molecule has 0 spiro atoms. The van der Waals surface area contributed by atoms with Crippen LogP contribution in [0.1, 0.15) is 12.5 Å². The highest BCUT2D eigenvalue weighted by molar-refractivity contribution is 6.31. The zero-order chi connectivity index (χ0) is 10.7. The van der Waals surface area contributed by atoms with E-state index < -0.39 is 0 Å². The van der Waals surface area contributed by atoms with E-state index in [9.17, 15) is 0 Å². The quantitative estimate of drug-likeness (QED) is 0.514. The topological polar surface area (TPSA) is 15.6 Å². The lowest BCUT2D eigenvalue weighted by Crippen LogP contribution is -2.23. The van der Waals surface area contributed by atoms with Crippen molar-refractivity contribution in [3.8, 4) is 0 Å². The molecule has 0 unspecified atom stereocenters. The number of nitrogens with zero attached hydrogens (tertiary/aromatic N) is 2. The van der Waals surface area contributed by atoms with Gasteiger partial charge in [0.1, 0.15) is 0 Å². The molecular weight excluding hydrogens is 196 g/mol. The van der Waals surface area contributed by atoms with Crippen LogP contribution in [0.2, 0.25) is 5.02 Å². The van der Waals surface area contributed by atoms with Gasteiger partial charge in [0.25, 0.3) is 0 Å². The molecule has 14 heavy (non-hydrogen) atoms. The van der Waals surface area contributed by atoms with E-state index in [-0.39, 0.29) is 0 Å². The third kappa shape index (κ3) is 2.26. The fourth-order valence-electron chi connectivity index (χ4n) is 1.13. The Morgan fingerprint density at radius 2 is 2.07 bits per heavy atom. The van der Waals surface area contributed by atoms with Gasteiger partial charge in [0, 0.05) is 24.8 Å². The first-order chi connectivity index (χ1) is 6.56. The molecule has 1 aromatic rings. The molecule has 1 aromatic carbocycles. The highest BCUT2D eigenvalue weighted by atomic mass is 35.5. The van der Waals surface area contributed by atoms with Crippen molar-refractivity contribution in [3.63, 3.8) is 0 Å². The predicted molar refractivity (Wildman–Crippen MR) is 63.6 cm³/mol. The molecule has 0 atom stereocenters. The van der Waals surface area contributed by atoms with Gasteiger partial charge in [-0.25, -0.2) is 0 Å². The molecule has 0 N–H and O–H groups in total. The molecule has 0 heterocycles. The van der Waals surface area contributed by atoms with Crippen molar-refractivity contribution in [2.45, 2.75) is 13.8 Å². The summed E-state index contributed by atoms with van der Waals surface area (Å²) in [5.41, 5.74) is 2.15. The Hall–Kier alpha value is -1.02. The van der Waals surface area contributed by atoms with Crippen LogP contribution in [0.15, 0.2) is 23.2 Å². The van der Waals surface area contributed by atoms with Gasteiger partial charge in [0.2, 0.25) is 0 Å². The van der Waals surface area contributed by atoms with Crippen molar-refractivity contribution in [1.29, 1.82) is 0 Å². The van der Waals surface area contributed by atoms with Crippen molar-refractivity contribution < 1.29 is 0 Å². The molecule has 2 nitrogen and oxygen atoms in total. The number of amidine groups is 1. The molecule has 0 aliphatic heterocycles. The average Bonchev–Trinajstić information content (AvgIpc) is 2.20. The van der Waals surface area contributed by atoms with Crippen molar-refractivity contribution in [3.05, 3.63) is 28.8 Å². The zero-order valence-corrected chi connectivity index (χ0v) is 9.76. The van der Waals surface area contributed by atoms with E-state index in [2.05, 4.69) is 4.99 Å².